The number of aromatic nitrogens is 3. The molecule has 2 aromatic carbocycles. The number of nitrogens with zero attached hydrogens (tertiary/aromatic N) is 3. The maximum atomic E-state index is 12.1. The monoisotopic (exact) mass is 344 g/mol. The third-order valence-electron chi connectivity index (χ3n) is 3.77. The molecule has 0 aliphatic rings. The first-order chi connectivity index (χ1) is 12.8. The van der Waals surface area contributed by atoms with E-state index in [1.807, 2.05) is 60.8 Å². The van der Waals surface area contributed by atoms with E-state index in [2.05, 4.69) is 15.4 Å². The molecule has 0 fully saturated rings. The Hall–Kier alpha value is -3.67. The number of para-hydroxylation sites is 2. The largest absolute Gasteiger partial charge is 0.437 e. The molecule has 0 spiro atoms. The Balaban J connectivity index is 1.38. The molecule has 0 saturated heterocycles. The summed E-state index contributed by atoms with van der Waals surface area (Å²) in [5, 5.41) is 7.07. The number of hydrogen-bond donors (Lipinski definition) is 1. The summed E-state index contributed by atoms with van der Waals surface area (Å²) in [6.07, 6.45) is 4.74. The van der Waals surface area contributed by atoms with Gasteiger partial charge in [-0.2, -0.15) is 5.10 Å². The van der Waals surface area contributed by atoms with Gasteiger partial charge in [-0.05, 0) is 17.7 Å². The molecule has 0 aliphatic carbocycles. The van der Waals surface area contributed by atoms with E-state index in [4.69, 9.17) is 4.42 Å². The van der Waals surface area contributed by atoms with Gasteiger partial charge in [0.2, 0.25) is 11.8 Å². The van der Waals surface area contributed by atoms with Gasteiger partial charge < -0.3 is 9.73 Å². The van der Waals surface area contributed by atoms with E-state index >= 15 is 0 Å². The Kier molecular flexibility index (Phi) is 4.30. The molecule has 4 aromatic rings. The second kappa shape index (κ2) is 7.06. The molecule has 0 aliphatic heterocycles. The number of oxazole rings is 1. The smallest absolute Gasteiger partial charge is 0.249 e. The van der Waals surface area contributed by atoms with Crippen LogP contribution in [0.1, 0.15) is 11.5 Å². The van der Waals surface area contributed by atoms with Crippen molar-refractivity contribution < 1.29 is 9.21 Å². The maximum absolute atomic E-state index is 12.1. The lowest BCUT2D eigenvalue weighted by Gasteiger charge is -2.01. The third-order valence-corrected chi connectivity index (χ3v) is 3.77. The fraction of sp³-hybridized carbons (Fsp3) is 0.0500. The van der Waals surface area contributed by atoms with Crippen LogP contribution < -0.4 is 5.32 Å². The van der Waals surface area contributed by atoms with Crippen molar-refractivity contribution in [2.45, 2.75) is 6.54 Å². The highest BCUT2D eigenvalue weighted by atomic mass is 16.3. The van der Waals surface area contributed by atoms with Crippen molar-refractivity contribution in [1.82, 2.24) is 14.8 Å². The highest BCUT2D eigenvalue weighted by Gasteiger charge is 2.05. The van der Waals surface area contributed by atoms with Crippen LogP contribution in [-0.4, -0.2) is 20.7 Å². The van der Waals surface area contributed by atoms with Crippen LogP contribution in [0.4, 0.5) is 5.82 Å². The molecule has 128 valence electrons. The van der Waals surface area contributed by atoms with Gasteiger partial charge in [0.25, 0.3) is 0 Å². The van der Waals surface area contributed by atoms with Crippen LogP contribution in [0.3, 0.4) is 0 Å². The van der Waals surface area contributed by atoms with Crippen LogP contribution in [0.5, 0.6) is 0 Å². The van der Waals surface area contributed by atoms with Crippen LogP contribution in [-0.2, 0) is 11.3 Å². The summed E-state index contributed by atoms with van der Waals surface area (Å²) in [7, 11) is 0. The van der Waals surface area contributed by atoms with Gasteiger partial charge in [0.1, 0.15) is 5.52 Å². The van der Waals surface area contributed by atoms with E-state index in [1.54, 1.807) is 10.7 Å². The topological polar surface area (TPSA) is 73.0 Å². The van der Waals surface area contributed by atoms with Gasteiger partial charge in [-0.25, -0.2) is 4.98 Å². The van der Waals surface area contributed by atoms with Gasteiger partial charge >= 0.3 is 0 Å². The molecule has 0 bridgehead atoms. The minimum absolute atomic E-state index is 0.294. The SMILES string of the molecule is O=C(/C=C\c1nc2ccccc2o1)Nc1ccn(Cc2ccccc2)n1. The second-order valence-electron chi connectivity index (χ2n) is 5.73. The molecule has 6 nitrogen and oxygen atoms in total. The number of amides is 1. The predicted molar refractivity (Wildman–Crippen MR) is 99.4 cm³/mol. The van der Waals surface area contributed by atoms with Crippen molar-refractivity contribution in [2.24, 2.45) is 0 Å². The number of carbonyl (C=O) groups excluding carboxylic acids is 1. The number of benzene rings is 2. The lowest BCUT2D eigenvalue weighted by atomic mass is 10.2. The summed E-state index contributed by atoms with van der Waals surface area (Å²) >= 11 is 0. The van der Waals surface area contributed by atoms with Gasteiger partial charge in [0.15, 0.2) is 11.4 Å². The number of hydrogen-bond acceptors (Lipinski definition) is 4. The Morgan fingerprint density at radius 3 is 2.73 bits per heavy atom. The first kappa shape index (κ1) is 15.8. The quantitative estimate of drug-likeness (QED) is 0.560. The number of anilines is 1. The van der Waals surface area contributed by atoms with Crippen LogP contribution in [0, 0.1) is 0 Å². The Bertz CT molecular complexity index is 1030. The standard InChI is InChI=1S/C20H16N4O2/c25-19(10-11-20-21-16-8-4-5-9-17(16)26-20)22-18-12-13-24(23-18)14-15-6-2-1-3-7-15/h1-13H,14H2,(H,22,23,25)/b11-10-. The minimum Gasteiger partial charge on any atom is -0.437 e. The summed E-state index contributed by atoms with van der Waals surface area (Å²) in [5.41, 5.74) is 2.59. The van der Waals surface area contributed by atoms with E-state index in [1.165, 1.54) is 12.2 Å². The molecular weight excluding hydrogens is 328 g/mol. The number of fused-ring (bicyclic) bond motifs is 1. The molecule has 6 heteroatoms. The summed E-state index contributed by atoms with van der Waals surface area (Å²) in [5.74, 6) is 0.585. The van der Waals surface area contributed by atoms with Crippen molar-refractivity contribution >= 4 is 28.9 Å². The fourth-order valence-corrected chi connectivity index (χ4v) is 2.56. The number of rotatable bonds is 5. The molecule has 26 heavy (non-hydrogen) atoms. The number of nitrogens with one attached hydrogen (secondary N) is 1. The van der Waals surface area contributed by atoms with E-state index in [0.717, 1.165) is 11.1 Å². The van der Waals surface area contributed by atoms with Crippen molar-refractivity contribution in [3.05, 3.63) is 84.4 Å². The van der Waals surface area contributed by atoms with Gasteiger partial charge in [-0.3, -0.25) is 9.48 Å². The summed E-state index contributed by atoms with van der Waals surface area (Å²) in [4.78, 5) is 16.3. The van der Waals surface area contributed by atoms with Crippen LogP contribution in [0.15, 0.2) is 77.4 Å². The lowest BCUT2D eigenvalue weighted by molar-refractivity contribution is -0.111. The zero-order valence-electron chi connectivity index (χ0n) is 13.9. The molecule has 0 radical (unpaired) electrons. The average molecular weight is 344 g/mol. The Morgan fingerprint density at radius 2 is 1.88 bits per heavy atom. The van der Waals surface area contributed by atoms with Crippen molar-refractivity contribution in [2.75, 3.05) is 5.32 Å². The Morgan fingerprint density at radius 1 is 1.08 bits per heavy atom. The van der Waals surface area contributed by atoms with Gasteiger partial charge in [-0.1, -0.05) is 42.5 Å². The molecular formula is C20H16N4O2. The zero-order valence-corrected chi connectivity index (χ0v) is 13.9. The van der Waals surface area contributed by atoms with E-state index < -0.39 is 0 Å². The lowest BCUT2D eigenvalue weighted by Crippen LogP contribution is -2.09. The van der Waals surface area contributed by atoms with Crippen molar-refractivity contribution in [3.8, 4) is 0 Å². The van der Waals surface area contributed by atoms with E-state index in [0.29, 0.717) is 23.8 Å². The fourth-order valence-electron chi connectivity index (χ4n) is 2.56. The van der Waals surface area contributed by atoms with E-state index in [9.17, 15) is 4.79 Å². The molecule has 4 rings (SSSR count). The molecule has 1 N–H and O–H groups in total. The molecule has 0 unspecified atom stereocenters. The average Bonchev–Trinajstić information content (AvgIpc) is 3.27. The highest BCUT2D eigenvalue weighted by Crippen LogP contribution is 2.15. The number of carbonyl (C=O) groups is 1. The van der Waals surface area contributed by atoms with Gasteiger partial charge in [0.05, 0.1) is 6.54 Å². The van der Waals surface area contributed by atoms with Gasteiger partial charge in [0, 0.05) is 24.4 Å². The summed E-state index contributed by atoms with van der Waals surface area (Å²) in [6, 6.07) is 19.2. The van der Waals surface area contributed by atoms with E-state index in [-0.39, 0.29) is 5.91 Å². The van der Waals surface area contributed by atoms with Crippen LogP contribution >= 0.6 is 0 Å². The Labute approximate surface area is 149 Å². The second-order valence-corrected chi connectivity index (χ2v) is 5.73. The zero-order chi connectivity index (χ0) is 17.8. The van der Waals surface area contributed by atoms with Gasteiger partial charge in [-0.15, -0.1) is 0 Å². The van der Waals surface area contributed by atoms with Crippen molar-refractivity contribution in [3.63, 3.8) is 0 Å². The normalized spacial score (nSPS) is 11.2. The first-order valence-electron chi connectivity index (χ1n) is 8.18. The first-order valence-corrected chi connectivity index (χ1v) is 8.18. The summed E-state index contributed by atoms with van der Waals surface area (Å²) in [6.45, 7) is 0.648. The van der Waals surface area contributed by atoms with Crippen molar-refractivity contribution in [1.29, 1.82) is 0 Å². The molecule has 2 heterocycles. The highest BCUT2D eigenvalue weighted by molar-refractivity contribution is 6.01. The molecule has 1 amide bonds. The third kappa shape index (κ3) is 3.70. The summed E-state index contributed by atoms with van der Waals surface area (Å²) < 4.78 is 7.31. The molecule has 0 saturated carbocycles. The maximum Gasteiger partial charge on any atom is 0.249 e. The minimum atomic E-state index is -0.294. The van der Waals surface area contributed by atoms with Crippen LogP contribution in [0.2, 0.25) is 0 Å². The molecule has 2 aromatic heterocycles. The molecule has 0 atom stereocenters. The predicted octanol–water partition coefficient (Wildman–Crippen LogP) is 3.72. The van der Waals surface area contributed by atoms with Crippen LogP contribution in [0.25, 0.3) is 17.2 Å².